The SMILES string of the molecule is Cc1cc(=O)oc2c(/C=N/N=C/c3c(O)ccc4c(C)cc(=O)oc34)c(O)ccc12. The van der Waals surface area contributed by atoms with E-state index in [4.69, 9.17) is 8.83 Å². The lowest BCUT2D eigenvalue weighted by molar-refractivity contribution is 0.471. The summed E-state index contributed by atoms with van der Waals surface area (Å²) in [6.45, 7) is 3.52. The van der Waals surface area contributed by atoms with Crippen LogP contribution in [0.4, 0.5) is 0 Å². The molecule has 8 nitrogen and oxygen atoms in total. The van der Waals surface area contributed by atoms with Gasteiger partial charge in [-0.15, -0.1) is 0 Å². The fourth-order valence-corrected chi connectivity index (χ4v) is 3.22. The first kappa shape index (κ1) is 19.1. The van der Waals surface area contributed by atoms with E-state index in [0.717, 1.165) is 0 Å². The van der Waals surface area contributed by atoms with Gasteiger partial charge in [0.2, 0.25) is 0 Å². The molecule has 0 unspecified atom stereocenters. The second-order valence-corrected chi connectivity index (χ2v) is 6.74. The lowest BCUT2D eigenvalue weighted by Gasteiger charge is -2.05. The van der Waals surface area contributed by atoms with Gasteiger partial charge in [0.15, 0.2) is 11.2 Å². The molecule has 0 fully saturated rings. The molecule has 2 aromatic carbocycles. The summed E-state index contributed by atoms with van der Waals surface area (Å²) in [6.07, 6.45) is 2.47. The Hall–Kier alpha value is -4.20. The van der Waals surface area contributed by atoms with Crippen LogP contribution in [-0.2, 0) is 0 Å². The maximum absolute atomic E-state index is 11.7. The molecule has 0 atom stereocenters. The number of hydrogen-bond acceptors (Lipinski definition) is 8. The van der Waals surface area contributed by atoms with E-state index in [0.29, 0.717) is 21.9 Å². The quantitative estimate of drug-likeness (QED) is 0.306. The Morgan fingerprint density at radius 1 is 0.733 bits per heavy atom. The van der Waals surface area contributed by atoms with Gasteiger partial charge >= 0.3 is 11.3 Å². The zero-order valence-electron chi connectivity index (χ0n) is 16.0. The van der Waals surface area contributed by atoms with Crippen molar-refractivity contribution in [2.45, 2.75) is 13.8 Å². The second kappa shape index (κ2) is 7.32. The van der Waals surface area contributed by atoms with Crippen LogP contribution in [0.25, 0.3) is 21.9 Å². The predicted molar refractivity (Wildman–Crippen MR) is 113 cm³/mol. The molecule has 4 aromatic rings. The van der Waals surface area contributed by atoms with Gasteiger partial charge in [0.1, 0.15) is 11.5 Å². The molecule has 30 heavy (non-hydrogen) atoms. The fourth-order valence-electron chi connectivity index (χ4n) is 3.22. The second-order valence-electron chi connectivity index (χ2n) is 6.74. The van der Waals surface area contributed by atoms with E-state index >= 15 is 0 Å². The highest BCUT2D eigenvalue weighted by Crippen LogP contribution is 2.28. The zero-order chi connectivity index (χ0) is 21.4. The number of aryl methyl sites for hydroxylation is 2. The summed E-state index contributed by atoms with van der Waals surface area (Å²) in [5, 5.41) is 29.4. The minimum atomic E-state index is -0.546. The molecule has 0 bridgehead atoms. The van der Waals surface area contributed by atoms with Crippen molar-refractivity contribution < 1.29 is 19.0 Å². The van der Waals surface area contributed by atoms with Crippen LogP contribution >= 0.6 is 0 Å². The van der Waals surface area contributed by atoms with E-state index in [9.17, 15) is 19.8 Å². The van der Waals surface area contributed by atoms with E-state index in [-0.39, 0.29) is 33.8 Å². The highest BCUT2D eigenvalue weighted by atomic mass is 16.4. The topological polar surface area (TPSA) is 126 Å². The Labute approximate surface area is 169 Å². The van der Waals surface area contributed by atoms with Crippen LogP contribution in [0.3, 0.4) is 0 Å². The molecule has 0 aliphatic heterocycles. The Kier molecular flexibility index (Phi) is 4.67. The van der Waals surface area contributed by atoms with Gasteiger partial charge in [-0.25, -0.2) is 9.59 Å². The maximum Gasteiger partial charge on any atom is 0.336 e. The maximum atomic E-state index is 11.7. The third-order valence-electron chi connectivity index (χ3n) is 4.71. The molecule has 0 spiro atoms. The third-order valence-corrected chi connectivity index (χ3v) is 4.71. The Morgan fingerprint density at radius 2 is 1.13 bits per heavy atom. The number of hydrogen-bond donors (Lipinski definition) is 2. The van der Waals surface area contributed by atoms with Crippen molar-refractivity contribution in [3.05, 3.63) is 79.5 Å². The number of rotatable bonds is 3. The number of fused-ring (bicyclic) bond motifs is 2. The van der Waals surface area contributed by atoms with Crippen LogP contribution in [-0.4, -0.2) is 22.6 Å². The van der Waals surface area contributed by atoms with Crippen LogP contribution in [0.15, 0.2) is 65.0 Å². The summed E-state index contributed by atoms with van der Waals surface area (Å²) in [5.41, 5.74) is 1.06. The number of aromatic hydroxyl groups is 2. The van der Waals surface area contributed by atoms with Crippen LogP contribution in [0.1, 0.15) is 22.3 Å². The number of phenols is 2. The van der Waals surface area contributed by atoms with Crippen molar-refractivity contribution in [3.8, 4) is 11.5 Å². The van der Waals surface area contributed by atoms with Gasteiger partial charge in [-0.1, -0.05) is 0 Å². The molecule has 0 saturated carbocycles. The van der Waals surface area contributed by atoms with E-state index in [1.54, 1.807) is 26.0 Å². The summed E-state index contributed by atoms with van der Waals surface area (Å²) < 4.78 is 10.4. The van der Waals surface area contributed by atoms with Gasteiger partial charge in [-0.3, -0.25) is 0 Å². The average molecular weight is 404 g/mol. The molecule has 2 heterocycles. The normalized spacial score (nSPS) is 11.9. The molecule has 0 radical (unpaired) electrons. The molecular weight excluding hydrogens is 388 g/mol. The van der Waals surface area contributed by atoms with Gasteiger partial charge in [0.05, 0.1) is 23.6 Å². The molecule has 2 aromatic heterocycles. The van der Waals surface area contributed by atoms with E-state index in [1.165, 1.54) is 36.7 Å². The molecule has 0 saturated heterocycles. The summed E-state index contributed by atoms with van der Waals surface area (Å²) in [4.78, 5) is 23.4. The largest absolute Gasteiger partial charge is 0.507 e. The van der Waals surface area contributed by atoms with Crippen molar-refractivity contribution in [3.63, 3.8) is 0 Å². The monoisotopic (exact) mass is 404 g/mol. The summed E-state index contributed by atoms with van der Waals surface area (Å²) in [5.74, 6) is -0.269. The summed E-state index contributed by atoms with van der Waals surface area (Å²) in [7, 11) is 0. The fraction of sp³-hybridized carbons (Fsp3) is 0.0909. The Bertz CT molecular complexity index is 1360. The minimum absolute atomic E-state index is 0.134. The van der Waals surface area contributed by atoms with Crippen LogP contribution < -0.4 is 11.3 Å². The smallest absolute Gasteiger partial charge is 0.336 e. The van der Waals surface area contributed by atoms with Gasteiger partial charge in [0.25, 0.3) is 0 Å². The van der Waals surface area contributed by atoms with Crippen LogP contribution in [0.5, 0.6) is 11.5 Å². The molecule has 0 amide bonds. The molecule has 0 aliphatic rings. The Balaban J connectivity index is 1.78. The first-order valence-electron chi connectivity index (χ1n) is 8.94. The first-order valence-corrected chi connectivity index (χ1v) is 8.94. The van der Waals surface area contributed by atoms with Crippen molar-refractivity contribution in [2.24, 2.45) is 10.2 Å². The van der Waals surface area contributed by atoms with Gasteiger partial charge < -0.3 is 19.0 Å². The van der Waals surface area contributed by atoms with Gasteiger partial charge in [-0.2, -0.15) is 10.2 Å². The van der Waals surface area contributed by atoms with Crippen LogP contribution in [0.2, 0.25) is 0 Å². The zero-order valence-corrected chi connectivity index (χ0v) is 16.0. The molecule has 0 aliphatic carbocycles. The summed E-state index contributed by atoms with van der Waals surface area (Å²) in [6, 6.07) is 8.93. The molecular formula is C22H16N2O6. The number of phenolic OH excluding ortho intramolecular Hbond substituents is 2. The van der Waals surface area contributed by atoms with E-state index in [2.05, 4.69) is 10.2 Å². The lowest BCUT2D eigenvalue weighted by atomic mass is 10.1. The lowest BCUT2D eigenvalue weighted by Crippen LogP contribution is -2.00. The van der Waals surface area contributed by atoms with Crippen molar-refractivity contribution >= 4 is 34.4 Å². The molecule has 4 rings (SSSR count). The van der Waals surface area contributed by atoms with Crippen LogP contribution in [0, 0.1) is 13.8 Å². The third kappa shape index (κ3) is 3.35. The number of benzene rings is 2. The first-order chi connectivity index (χ1) is 14.3. The minimum Gasteiger partial charge on any atom is -0.507 e. The van der Waals surface area contributed by atoms with Crippen molar-refractivity contribution in [1.82, 2.24) is 0 Å². The van der Waals surface area contributed by atoms with E-state index in [1.807, 2.05) is 0 Å². The van der Waals surface area contributed by atoms with Crippen molar-refractivity contribution in [1.29, 1.82) is 0 Å². The van der Waals surface area contributed by atoms with E-state index < -0.39 is 11.3 Å². The number of nitrogens with zero attached hydrogens (tertiary/aromatic N) is 2. The molecule has 150 valence electrons. The standard InChI is InChI=1S/C22H16N2O6/c1-11-7-19(27)29-21-13(11)3-5-17(25)15(21)9-23-24-10-16-18(26)6-4-14-12(2)8-20(28)30-22(14)16/h3-10,25-26H,1-2H3/b23-9+,24-10+. The molecule has 2 N–H and O–H groups in total. The highest BCUT2D eigenvalue weighted by molar-refractivity contribution is 6.02. The van der Waals surface area contributed by atoms with Crippen molar-refractivity contribution in [2.75, 3.05) is 0 Å². The van der Waals surface area contributed by atoms with Gasteiger partial charge in [0, 0.05) is 22.9 Å². The average Bonchev–Trinajstić information content (AvgIpc) is 2.67. The highest BCUT2D eigenvalue weighted by Gasteiger charge is 2.12. The van der Waals surface area contributed by atoms with Gasteiger partial charge in [-0.05, 0) is 49.2 Å². The summed E-state index contributed by atoms with van der Waals surface area (Å²) >= 11 is 0. The molecule has 8 heteroatoms. The Morgan fingerprint density at radius 3 is 1.53 bits per heavy atom. The predicted octanol–water partition coefficient (Wildman–Crippen LogP) is 3.38.